The Labute approximate surface area is 108 Å². The topological polar surface area (TPSA) is 64.9 Å². The second-order valence-corrected chi connectivity index (χ2v) is 4.38. The van der Waals surface area contributed by atoms with Gasteiger partial charge in [-0.3, -0.25) is 4.79 Å². The average molecular weight is 245 g/mol. The molecule has 0 aliphatic heterocycles. The molecule has 0 spiro atoms. The summed E-state index contributed by atoms with van der Waals surface area (Å²) >= 11 is 0. The molecule has 0 aromatic heterocycles. The summed E-state index contributed by atoms with van der Waals surface area (Å²) in [7, 11) is 0. The summed E-state index contributed by atoms with van der Waals surface area (Å²) < 4.78 is 0. The molecule has 18 heavy (non-hydrogen) atoms. The Morgan fingerprint density at radius 3 is 2.78 bits per heavy atom. The molecule has 2 atom stereocenters. The van der Waals surface area contributed by atoms with Crippen molar-refractivity contribution in [3.63, 3.8) is 0 Å². The molecule has 1 aromatic carbocycles. The van der Waals surface area contributed by atoms with Crippen LogP contribution in [0.5, 0.6) is 0 Å². The van der Waals surface area contributed by atoms with E-state index in [0.29, 0.717) is 5.56 Å². The molecule has 0 saturated heterocycles. The number of hydrogen-bond acceptors (Lipinski definition) is 3. The number of anilines is 1. The molecular weight excluding hydrogens is 226 g/mol. The van der Waals surface area contributed by atoms with E-state index in [-0.39, 0.29) is 18.0 Å². The smallest absolute Gasteiger partial charge is 0.242 e. The van der Waals surface area contributed by atoms with Gasteiger partial charge in [0.25, 0.3) is 0 Å². The quantitative estimate of drug-likeness (QED) is 0.836. The maximum absolute atomic E-state index is 11.8. The van der Waals surface area contributed by atoms with Gasteiger partial charge in [0.15, 0.2) is 0 Å². The number of hydrogen-bond donors (Lipinski definition) is 2. The second-order valence-electron chi connectivity index (χ2n) is 4.38. The van der Waals surface area contributed by atoms with Crippen LogP contribution >= 0.6 is 0 Å². The Balaban J connectivity index is 2.61. The summed E-state index contributed by atoms with van der Waals surface area (Å²) in [4.78, 5) is 11.8. The predicted molar refractivity (Wildman–Crippen MR) is 72.1 cm³/mol. The van der Waals surface area contributed by atoms with E-state index in [4.69, 9.17) is 5.26 Å². The van der Waals surface area contributed by atoms with E-state index in [9.17, 15) is 4.79 Å². The Morgan fingerprint density at radius 2 is 2.17 bits per heavy atom. The minimum absolute atomic E-state index is 0.0355. The number of carbonyl (C=O) groups excluding carboxylic acids is 1. The van der Waals surface area contributed by atoms with Gasteiger partial charge in [0.2, 0.25) is 5.91 Å². The zero-order valence-electron chi connectivity index (χ0n) is 11.0. The van der Waals surface area contributed by atoms with Gasteiger partial charge in [0.1, 0.15) is 6.04 Å². The molecule has 0 heterocycles. The minimum atomic E-state index is -0.326. The molecule has 1 rings (SSSR count). The number of benzene rings is 1. The highest BCUT2D eigenvalue weighted by Gasteiger charge is 2.14. The maximum atomic E-state index is 11.8. The lowest BCUT2D eigenvalue weighted by molar-refractivity contribution is -0.122. The van der Waals surface area contributed by atoms with Crippen LogP contribution in [0, 0.1) is 11.3 Å². The van der Waals surface area contributed by atoms with Crippen LogP contribution in [0.15, 0.2) is 24.3 Å². The fraction of sp³-hybridized carbons (Fsp3) is 0.429. The number of amides is 1. The van der Waals surface area contributed by atoms with Crippen molar-refractivity contribution in [2.75, 3.05) is 5.32 Å². The zero-order valence-corrected chi connectivity index (χ0v) is 11.0. The fourth-order valence-corrected chi connectivity index (χ4v) is 1.46. The van der Waals surface area contributed by atoms with Gasteiger partial charge < -0.3 is 10.6 Å². The first-order chi connectivity index (χ1) is 8.56. The lowest BCUT2D eigenvalue weighted by Crippen LogP contribution is -2.41. The Kier molecular flexibility index (Phi) is 5.19. The lowest BCUT2D eigenvalue weighted by atomic mass is 10.2. The van der Waals surface area contributed by atoms with Crippen molar-refractivity contribution < 1.29 is 4.79 Å². The summed E-state index contributed by atoms with van der Waals surface area (Å²) in [5.74, 6) is -0.0355. The molecule has 4 heteroatoms. The highest BCUT2D eigenvalue weighted by atomic mass is 16.2. The molecule has 2 unspecified atom stereocenters. The molecule has 0 aliphatic rings. The number of carbonyl (C=O) groups is 1. The van der Waals surface area contributed by atoms with E-state index in [1.807, 2.05) is 19.9 Å². The van der Waals surface area contributed by atoms with Crippen molar-refractivity contribution in [2.45, 2.75) is 39.3 Å². The van der Waals surface area contributed by atoms with Crippen molar-refractivity contribution >= 4 is 11.6 Å². The molecule has 0 saturated carbocycles. The van der Waals surface area contributed by atoms with Crippen molar-refractivity contribution in [3.05, 3.63) is 29.8 Å². The monoisotopic (exact) mass is 245 g/mol. The van der Waals surface area contributed by atoms with Crippen molar-refractivity contribution in [2.24, 2.45) is 0 Å². The molecule has 2 N–H and O–H groups in total. The summed E-state index contributed by atoms with van der Waals surface area (Å²) in [6.07, 6.45) is 0.905. The van der Waals surface area contributed by atoms with Gasteiger partial charge in [-0.05, 0) is 38.5 Å². The summed E-state index contributed by atoms with van der Waals surface area (Å²) in [6.45, 7) is 5.80. The third kappa shape index (κ3) is 4.10. The minimum Gasteiger partial charge on any atom is -0.374 e. The summed E-state index contributed by atoms with van der Waals surface area (Å²) in [5.41, 5.74) is 1.36. The zero-order chi connectivity index (χ0) is 13.5. The van der Waals surface area contributed by atoms with Crippen molar-refractivity contribution in [3.8, 4) is 6.07 Å². The molecule has 1 aromatic rings. The average Bonchev–Trinajstić information content (AvgIpc) is 2.38. The number of rotatable bonds is 5. The summed E-state index contributed by atoms with van der Waals surface area (Å²) in [6, 6.07) is 9.01. The van der Waals surface area contributed by atoms with E-state index in [1.165, 1.54) is 0 Å². The Bertz CT molecular complexity index is 451. The molecule has 0 bridgehead atoms. The molecule has 0 fully saturated rings. The van der Waals surface area contributed by atoms with Gasteiger partial charge in [-0.15, -0.1) is 0 Å². The van der Waals surface area contributed by atoms with Crippen LogP contribution < -0.4 is 10.6 Å². The highest BCUT2D eigenvalue weighted by molar-refractivity contribution is 5.84. The van der Waals surface area contributed by atoms with Crippen LogP contribution in [-0.2, 0) is 4.79 Å². The standard InChI is InChI=1S/C14H19N3O/c1-4-10(2)16-14(18)11(3)17-13-7-5-6-12(8-13)9-15/h5-8,10-11,17H,4H2,1-3H3,(H,16,18). The van der Waals surface area contributed by atoms with Crippen LogP contribution in [-0.4, -0.2) is 18.0 Å². The van der Waals surface area contributed by atoms with Gasteiger partial charge in [0, 0.05) is 11.7 Å². The largest absolute Gasteiger partial charge is 0.374 e. The van der Waals surface area contributed by atoms with Gasteiger partial charge in [-0.2, -0.15) is 5.26 Å². The van der Waals surface area contributed by atoms with Gasteiger partial charge in [0.05, 0.1) is 11.6 Å². The molecule has 0 aliphatic carbocycles. The van der Waals surface area contributed by atoms with Crippen LogP contribution in [0.1, 0.15) is 32.8 Å². The number of nitriles is 1. The molecular formula is C14H19N3O. The molecule has 4 nitrogen and oxygen atoms in total. The third-order valence-corrected chi connectivity index (χ3v) is 2.77. The van der Waals surface area contributed by atoms with E-state index in [0.717, 1.165) is 12.1 Å². The third-order valence-electron chi connectivity index (χ3n) is 2.77. The van der Waals surface area contributed by atoms with Crippen LogP contribution in [0.25, 0.3) is 0 Å². The number of nitrogens with one attached hydrogen (secondary N) is 2. The van der Waals surface area contributed by atoms with Gasteiger partial charge in [-0.1, -0.05) is 13.0 Å². The Morgan fingerprint density at radius 1 is 1.44 bits per heavy atom. The first-order valence-corrected chi connectivity index (χ1v) is 6.14. The normalized spacial score (nSPS) is 13.2. The molecule has 96 valence electrons. The fourth-order valence-electron chi connectivity index (χ4n) is 1.46. The van der Waals surface area contributed by atoms with Crippen LogP contribution in [0.2, 0.25) is 0 Å². The predicted octanol–water partition coefficient (Wildman–Crippen LogP) is 2.27. The first kappa shape index (κ1) is 14.0. The number of nitrogens with zero attached hydrogens (tertiary/aromatic N) is 1. The van der Waals surface area contributed by atoms with E-state index in [1.54, 1.807) is 25.1 Å². The maximum Gasteiger partial charge on any atom is 0.242 e. The molecule has 0 radical (unpaired) electrons. The summed E-state index contributed by atoms with van der Waals surface area (Å²) in [5, 5.41) is 14.8. The highest BCUT2D eigenvalue weighted by Crippen LogP contribution is 2.11. The van der Waals surface area contributed by atoms with E-state index >= 15 is 0 Å². The van der Waals surface area contributed by atoms with Crippen molar-refractivity contribution in [1.82, 2.24) is 5.32 Å². The lowest BCUT2D eigenvalue weighted by Gasteiger charge is -2.18. The van der Waals surface area contributed by atoms with Crippen LogP contribution in [0.3, 0.4) is 0 Å². The SMILES string of the molecule is CCC(C)NC(=O)C(C)Nc1cccc(C#N)c1. The van der Waals surface area contributed by atoms with E-state index < -0.39 is 0 Å². The van der Waals surface area contributed by atoms with E-state index in [2.05, 4.69) is 16.7 Å². The second kappa shape index (κ2) is 6.65. The first-order valence-electron chi connectivity index (χ1n) is 6.14. The Hall–Kier alpha value is -2.02. The van der Waals surface area contributed by atoms with Gasteiger partial charge >= 0.3 is 0 Å². The van der Waals surface area contributed by atoms with Gasteiger partial charge in [-0.25, -0.2) is 0 Å². The van der Waals surface area contributed by atoms with Crippen molar-refractivity contribution in [1.29, 1.82) is 5.26 Å². The molecule has 1 amide bonds. The van der Waals surface area contributed by atoms with Crippen LogP contribution in [0.4, 0.5) is 5.69 Å².